The average Bonchev–Trinajstić information content (AvgIpc) is 3.01. The van der Waals surface area contributed by atoms with Crippen LogP contribution in [0.1, 0.15) is 32.6 Å². The fourth-order valence-corrected chi connectivity index (χ4v) is 3.68. The first-order chi connectivity index (χ1) is 13.0. The van der Waals surface area contributed by atoms with Gasteiger partial charge in [0.15, 0.2) is 10.2 Å². The van der Waals surface area contributed by atoms with Gasteiger partial charge >= 0.3 is 5.97 Å². The predicted octanol–water partition coefficient (Wildman–Crippen LogP) is 3.91. The number of nitrogens with one attached hydrogen (secondary N) is 2. The fraction of sp³-hybridized carbons (Fsp3) is 0.158. The van der Waals surface area contributed by atoms with Gasteiger partial charge in [0.25, 0.3) is 5.91 Å². The maximum atomic E-state index is 12.6. The number of thiazole rings is 1. The van der Waals surface area contributed by atoms with Crippen molar-refractivity contribution in [2.24, 2.45) is 0 Å². The summed E-state index contributed by atoms with van der Waals surface area (Å²) in [6.07, 6.45) is 0. The summed E-state index contributed by atoms with van der Waals surface area (Å²) in [7, 11) is 0. The van der Waals surface area contributed by atoms with Crippen molar-refractivity contribution in [1.82, 2.24) is 10.3 Å². The Hall–Kier alpha value is -2.84. The standard InChI is InChI=1S/C19H17N3O3S2/c1-3-25-17(24)15-11(2)20-19(27-15)22-18(26)21-16(23)14-10-6-8-12-7-4-5-9-13(12)14/h4-10H,3H2,1-2H3,(H2,20,21,22,23,26). The molecule has 8 heteroatoms. The Balaban J connectivity index is 1.71. The normalized spacial score (nSPS) is 10.4. The van der Waals surface area contributed by atoms with Gasteiger partial charge in [-0.1, -0.05) is 47.7 Å². The summed E-state index contributed by atoms with van der Waals surface area (Å²) in [5.74, 6) is -0.741. The van der Waals surface area contributed by atoms with Gasteiger partial charge in [-0.05, 0) is 42.9 Å². The highest BCUT2D eigenvalue weighted by atomic mass is 32.1. The maximum absolute atomic E-state index is 12.6. The molecule has 138 valence electrons. The van der Waals surface area contributed by atoms with Crippen molar-refractivity contribution in [2.75, 3.05) is 11.9 Å². The highest BCUT2D eigenvalue weighted by molar-refractivity contribution is 7.80. The van der Waals surface area contributed by atoms with Crippen LogP contribution in [0.15, 0.2) is 42.5 Å². The first-order valence-corrected chi connectivity index (χ1v) is 9.46. The number of benzene rings is 2. The summed E-state index contributed by atoms with van der Waals surface area (Å²) >= 11 is 6.34. The van der Waals surface area contributed by atoms with Crippen LogP contribution < -0.4 is 10.6 Å². The quantitative estimate of drug-likeness (QED) is 0.511. The molecule has 0 saturated carbocycles. The molecule has 1 heterocycles. The van der Waals surface area contributed by atoms with Gasteiger partial charge in [0, 0.05) is 5.56 Å². The third kappa shape index (κ3) is 4.29. The van der Waals surface area contributed by atoms with E-state index in [9.17, 15) is 9.59 Å². The van der Waals surface area contributed by atoms with E-state index in [2.05, 4.69) is 15.6 Å². The monoisotopic (exact) mass is 399 g/mol. The highest BCUT2D eigenvalue weighted by Gasteiger charge is 2.18. The van der Waals surface area contributed by atoms with Crippen molar-refractivity contribution in [1.29, 1.82) is 0 Å². The van der Waals surface area contributed by atoms with Crippen molar-refractivity contribution >= 4 is 56.4 Å². The number of ether oxygens (including phenoxy) is 1. The highest BCUT2D eigenvalue weighted by Crippen LogP contribution is 2.23. The molecule has 2 N–H and O–H groups in total. The molecule has 27 heavy (non-hydrogen) atoms. The van der Waals surface area contributed by atoms with Gasteiger partial charge < -0.3 is 10.1 Å². The lowest BCUT2D eigenvalue weighted by molar-refractivity contribution is 0.0531. The molecule has 3 rings (SSSR count). The number of amides is 1. The summed E-state index contributed by atoms with van der Waals surface area (Å²) in [4.78, 5) is 29.1. The molecule has 0 fully saturated rings. The number of aryl methyl sites for hydroxylation is 1. The van der Waals surface area contributed by atoms with Crippen molar-refractivity contribution < 1.29 is 14.3 Å². The zero-order valence-corrected chi connectivity index (χ0v) is 16.4. The minimum absolute atomic E-state index is 0.108. The van der Waals surface area contributed by atoms with Crippen molar-refractivity contribution in [3.05, 3.63) is 58.6 Å². The van der Waals surface area contributed by atoms with E-state index in [0.29, 0.717) is 27.9 Å². The van der Waals surface area contributed by atoms with Crippen LogP contribution in [-0.2, 0) is 4.74 Å². The first-order valence-electron chi connectivity index (χ1n) is 8.24. The largest absolute Gasteiger partial charge is 0.462 e. The van der Waals surface area contributed by atoms with Crippen LogP contribution in [0.3, 0.4) is 0 Å². The number of carbonyl (C=O) groups excluding carboxylic acids is 2. The van der Waals surface area contributed by atoms with Crippen LogP contribution in [0.4, 0.5) is 5.13 Å². The summed E-state index contributed by atoms with van der Waals surface area (Å²) in [5, 5.41) is 7.84. The Bertz CT molecular complexity index is 1020. The van der Waals surface area contributed by atoms with Gasteiger partial charge in [0.05, 0.1) is 12.3 Å². The SMILES string of the molecule is CCOC(=O)c1sc(NC(=S)NC(=O)c2cccc3ccccc23)nc1C. The van der Waals surface area contributed by atoms with Crippen LogP contribution in [0.25, 0.3) is 10.8 Å². The van der Waals surface area contributed by atoms with E-state index in [-0.39, 0.29) is 11.0 Å². The topological polar surface area (TPSA) is 80.3 Å². The zero-order chi connectivity index (χ0) is 19.4. The van der Waals surface area contributed by atoms with Gasteiger partial charge in [-0.3, -0.25) is 10.1 Å². The van der Waals surface area contributed by atoms with Gasteiger partial charge in [0.1, 0.15) is 4.88 Å². The molecule has 3 aromatic rings. The average molecular weight is 399 g/mol. The molecule has 0 aliphatic rings. The summed E-state index contributed by atoms with van der Waals surface area (Å²) < 4.78 is 4.99. The molecule has 0 spiro atoms. The number of aromatic nitrogens is 1. The van der Waals surface area contributed by atoms with Crippen molar-refractivity contribution in [2.45, 2.75) is 13.8 Å². The molecule has 6 nitrogen and oxygen atoms in total. The fourth-order valence-electron chi connectivity index (χ4n) is 2.56. The summed E-state index contributed by atoms with van der Waals surface area (Å²) in [5.41, 5.74) is 1.07. The Morgan fingerprint density at radius 3 is 2.70 bits per heavy atom. The third-order valence-electron chi connectivity index (χ3n) is 3.74. The molecule has 0 aliphatic heterocycles. The Labute approximate surface area is 165 Å². The predicted molar refractivity (Wildman–Crippen MR) is 110 cm³/mol. The lowest BCUT2D eigenvalue weighted by atomic mass is 10.0. The minimum atomic E-state index is -0.425. The Morgan fingerprint density at radius 2 is 1.93 bits per heavy atom. The van der Waals surface area contributed by atoms with Gasteiger partial charge in [-0.2, -0.15) is 0 Å². The molecule has 1 amide bonds. The van der Waals surface area contributed by atoms with E-state index in [1.54, 1.807) is 19.9 Å². The second-order valence-corrected chi connectivity index (χ2v) is 7.00. The molecule has 0 bridgehead atoms. The molecular formula is C19H17N3O3S2. The number of carbonyl (C=O) groups is 2. The van der Waals surface area contributed by atoms with Crippen LogP contribution in [-0.4, -0.2) is 28.6 Å². The van der Waals surface area contributed by atoms with Crippen LogP contribution >= 0.6 is 23.6 Å². The molecule has 0 saturated heterocycles. The van der Waals surface area contributed by atoms with Gasteiger partial charge in [0.2, 0.25) is 0 Å². The number of hydrogen-bond acceptors (Lipinski definition) is 6. The van der Waals surface area contributed by atoms with E-state index in [0.717, 1.165) is 22.1 Å². The zero-order valence-electron chi connectivity index (χ0n) is 14.7. The number of anilines is 1. The van der Waals surface area contributed by atoms with Crippen LogP contribution in [0.5, 0.6) is 0 Å². The van der Waals surface area contributed by atoms with Crippen molar-refractivity contribution in [3.8, 4) is 0 Å². The molecule has 0 aliphatic carbocycles. The third-order valence-corrected chi connectivity index (χ3v) is 5.00. The number of hydrogen-bond donors (Lipinski definition) is 2. The molecule has 0 unspecified atom stereocenters. The smallest absolute Gasteiger partial charge is 0.350 e. The second-order valence-electron chi connectivity index (χ2n) is 5.59. The minimum Gasteiger partial charge on any atom is -0.462 e. The number of rotatable bonds is 4. The molecule has 1 aromatic heterocycles. The van der Waals surface area contributed by atoms with E-state index < -0.39 is 5.97 Å². The van der Waals surface area contributed by atoms with Crippen LogP contribution in [0.2, 0.25) is 0 Å². The lowest BCUT2D eigenvalue weighted by Gasteiger charge is -2.09. The molecule has 2 aromatic carbocycles. The van der Waals surface area contributed by atoms with E-state index >= 15 is 0 Å². The summed E-state index contributed by atoms with van der Waals surface area (Å²) in [6.45, 7) is 3.75. The van der Waals surface area contributed by atoms with Gasteiger partial charge in [-0.25, -0.2) is 9.78 Å². The van der Waals surface area contributed by atoms with Gasteiger partial charge in [-0.15, -0.1) is 0 Å². The molecular weight excluding hydrogens is 382 g/mol. The van der Waals surface area contributed by atoms with E-state index in [1.165, 1.54) is 0 Å². The lowest BCUT2D eigenvalue weighted by Crippen LogP contribution is -2.34. The first kappa shape index (κ1) is 18.9. The van der Waals surface area contributed by atoms with Crippen LogP contribution in [0, 0.1) is 6.92 Å². The van der Waals surface area contributed by atoms with Crippen molar-refractivity contribution in [3.63, 3.8) is 0 Å². The molecule has 0 radical (unpaired) electrons. The van der Waals surface area contributed by atoms with E-state index in [1.807, 2.05) is 36.4 Å². The number of esters is 1. The Morgan fingerprint density at radius 1 is 1.19 bits per heavy atom. The Kier molecular flexibility index (Phi) is 5.78. The number of fused-ring (bicyclic) bond motifs is 1. The van der Waals surface area contributed by atoms with E-state index in [4.69, 9.17) is 17.0 Å². The second kappa shape index (κ2) is 8.24. The summed E-state index contributed by atoms with van der Waals surface area (Å²) in [6, 6.07) is 13.1. The number of thiocarbonyl (C=S) groups is 1. The maximum Gasteiger partial charge on any atom is 0.350 e. The molecule has 0 atom stereocenters. The number of nitrogens with zero attached hydrogens (tertiary/aromatic N) is 1.